The lowest BCUT2D eigenvalue weighted by atomic mass is 10.2. The van der Waals surface area contributed by atoms with Crippen LogP contribution in [0.1, 0.15) is 5.56 Å². The summed E-state index contributed by atoms with van der Waals surface area (Å²) < 4.78 is 1.11. The molecule has 128 valence electrons. The minimum Gasteiger partial charge on any atom is -0.298 e. The lowest BCUT2D eigenvalue weighted by Crippen LogP contribution is -2.07. The van der Waals surface area contributed by atoms with Gasteiger partial charge in [0.2, 0.25) is 5.91 Å². The van der Waals surface area contributed by atoms with E-state index in [1.54, 1.807) is 23.5 Å². The van der Waals surface area contributed by atoms with Crippen LogP contribution in [0.15, 0.2) is 60.0 Å². The molecular formula is C19H12ClN3OS2. The zero-order valence-corrected chi connectivity index (χ0v) is 15.7. The number of halogens is 1. The summed E-state index contributed by atoms with van der Waals surface area (Å²) in [7, 11) is 0. The number of amides is 1. The first kappa shape index (κ1) is 16.9. The number of fused-ring (bicyclic) bond motifs is 1. The molecule has 2 heterocycles. The standard InChI is InChI=1S/C19H12ClN3OS2/c20-13-6-2-1-5-12(13)9-10-17(24)23-19-22-15(11-25-19)18-21-14-7-3-4-8-16(14)26-18/h1-11H,(H,22,23,24). The second-order valence-electron chi connectivity index (χ2n) is 5.37. The SMILES string of the molecule is O=C(C=Cc1ccccc1Cl)Nc1nc(-c2nc3ccccc3s2)cs1. The second kappa shape index (κ2) is 7.37. The van der Waals surface area contributed by atoms with E-state index in [0.717, 1.165) is 26.5 Å². The van der Waals surface area contributed by atoms with E-state index in [0.29, 0.717) is 10.2 Å². The molecule has 0 saturated heterocycles. The Balaban J connectivity index is 1.48. The van der Waals surface area contributed by atoms with Gasteiger partial charge in [-0.3, -0.25) is 10.1 Å². The van der Waals surface area contributed by atoms with E-state index in [9.17, 15) is 4.79 Å². The third-order valence-corrected chi connectivity index (χ3v) is 5.73. The highest BCUT2D eigenvalue weighted by Crippen LogP contribution is 2.31. The van der Waals surface area contributed by atoms with Crippen molar-refractivity contribution in [2.75, 3.05) is 5.32 Å². The molecule has 0 saturated carbocycles. The van der Waals surface area contributed by atoms with Gasteiger partial charge in [0.15, 0.2) is 5.13 Å². The van der Waals surface area contributed by atoms with Crippen molar-refractivity contribution in [3.05, 3.63) is 70.6 Å². The van der Waals surface area contributed by atoms with E-state index in [4.69, 9.17) is 11.6 Å². The molecule has 0 spiro atoms. The summed E-state index contributed by atoms with van der Waals surface area (Å²) >= 11 is 9.03. The first-order valence-corrected chi connectivity index (χ1v) is 9.81. The number of anilines is 1. The lowest BCUT2D eigenvalue weighted by Gasteiger charge is -1.97. The maximum atomic E-state index is 12.1. The first-order chi connectivity index (χ1) is 12.7. The van der Waals surface area contributed by atoms with E-state index in [2.05, 4.69) is 15.3 Å². The molecule has 0 atom stereocenters. The quantitative estimate of drug-likeness (QED) is 0.448. The molecule has 0 radical (unpaired) electrons. The number of carbonyl (C=O) groups is 1. The highest BCUT2D eigenvalue weighted by molar-refractivity contribution is 7.22. The third-order valence-electron chi connectivity index (χ3n) is 3.57. The molecule has 7 heteroatoms. The minimum absolute atomic E-state index is 0.255. The zero-order chi connectivity index (χ0) is 17.9. The smallest absolute Gasteiger partial charge is 0.250 e. The van der Waals surface area contributed by atoms with E-state index in [1.165, 1.54) is 17.4 Å². The summed E-state index contributed by atoms with van der Waals surface area (Å²) in [6.45, 7) is 0. The highest BCUT2D eigenvalue weighted by Gasteiger charge is 2.11. The zero-order valence-electron chi connectivity index (χ0n) is 13.3. The monoisotopic (exact) mass is 397 g/mol. The molecular weight excluding hydrogens is 386 g/mol. The van der Waals surface area contributed by atoms with Gasteiger partial charge in [0.05, 0.1) is 10.2 Å². The van der Waals surface area contributed by atoms with E-state index in [-0.39, 0.29) is 5.91 Å². The van der Waals surface area contributed by atoms with Crippen LogP contribution in [-0.2, 0) is 4.79 Å². The average Bonchev–Trinajstić information content (AvgIpc) is 3.27. The van der Waals surface area contributed by atoms with Crippen molar-refractivity contribution in [1.29, 1.82) is 0 Å². The number of thiazole rings is 2. The van der Waals surface area contributed by atoms with Crippen LogP contribution in [0, 0.1) is 0 Å². The van der Waals surface area contributed by atoms with Gasteiger partial charge in [0, 0.05) is 16.5 Å². The Morgan fingerprint density at radius 3 is 2.73 bits per heavy atom. The third kappa shape index (κ3) is 3.67. The Morgan fingerprint density at radius 1 is 1.08 bits per heavy atom. The summed E-state index contributed by atoms with van der Waals surface area (Å²) in [6, 6.07) is 15.3. The molecule has 0 aliphatic heterocycles. The van der Waals surface area contributed by atoms with Crippen molar-refractivity contribution in [3.8, 4) is 10.7 Å². The van der Waals surface area contributed by atoms with Crippen LogP contribution in [0.5, 0.6) is 0 Å². The van der Waals surface area contributed by atoms with Crippen LogP contribution in [-0.4, -0.2) is 15.9 Å². The number of para-hydroxylation sites is 1. The Bertz CT molecular complexity index is 1080. The van der Waals surface area contributed by atoms with Crippen LogP contribution < -0.4 is 5.32 Å². The molecule has 1 N–H and O–H groups in total. The van der Waals surface area contributed by atoms with Gasteiger partial charge >= 0.3 is 0 Å². The molecule has 0 unspecified atom stereocenters. The van der Waals surface area contributed by atoms with E-state index < -0.39 is 0 Å². The van der Waals surface area contributed by atoms with Crippen molar-refractivity contribution >= 4 is 61.6 Å². The number of rotatable bonds is 4. The molecule has 0 bridgehead atoms. The van der Waals surface area contributed by atoms with Crippen LogP contribution in [0.2, 0.25) is 5.02 Å². The first-order valence-electron chi connectivity index (χ1n) is 7.74. The molecule has 26 heavy (non-hydrogen) atoms. The van der Waals surface area contributed by atoms with Gasteiger partial charge in [-0.05, 0) is 29.8 Å². The summed E-state index contributed by atoms with van der Waals surface area (Å²) in [5, 5.41) is 6.64. The van der Waals surface area contributed by atoms with Crippen molar-refractivity contribution < 1.29 is 4.79 Å². The molecule has 1 amide bonds. The normalized spacial score (nSPS) is 11.3. The fourth-order valence-corrected chi connectivity index (χ4v) is 4.23. The van der Waals surface area contributed by atoms with Crippen LogP contribution in [0.4, 0.5) is 5.13 Å². The number of nitrogens with one attached hydrogen (secondary N) is 1. The van der Waals surface area contributed by atoms with Crippen molar-refractivity contribution in [1.82, 2.24) is 9.97 Å². The Morgan fingerprint density at radius 2 is 1.88 bits per heavy atom. The molecule has 2 aromatic heterocycles. The van der Waals surface area contributed by atoms with Gasteiger partial charge in [-0.25, -0.2) is 9.97 Å². The number of hydrogen-bond acceptors (Lipinski definition) is 5. The Hall–Kier alpha value is -2.54. The average molecular weight is 398 g/mol. The molecule has 2 aromatic carbocycles. The van der Waals surface area contributed by atoms with Gasteiger partial charge in [0.1, 0.15) is 10.7 Å². The minimum atomic E-state index is -0.255. The molecule has 0 aliphatic rings. The Kier molecular flexibility index (Phi) is 4.79. The summed E-state index contributed by atoms with van der Waals surface area (Å²) in [4.78, 5) is 21.1. The van der Waals surface area contributed by atoms with Gasteiger partial charge in [0.25, 0.3) is 0 Å². The van der Waals surface area contributed by atoms with Crippen molar-refractivity contribution in [3.63, 3.8) is 0 Å². The summed E-state index contributed by atoms with van der Waals surface area (Å²) in [5.74, 6) is -0.255. The largest absolute Gasteiger partial charge is 0.298 e. The van der Waals surface area contributed by atoms with Crippen LogP contribution in [0.25, 0.3) is 27.0 Å². The van der Waals surface area contributed by atoms with Crippen molar-refractivity contribution in [2.24, 2.45) is 0 Å². The number of hydrogen-bond donors (Lipinski definition) is 1. The second-order valence-corrected chi connectivity index (χ2v) is 7.66. The molecule has 4 nitrogen and oxygen atoms in total. The van der Waals surface area contributed by atoms with Gasteiger partial charge < -0.3 is 0 Å². The molecule has 0 aliphatic carbocycles. The molecule has 4 aromatic rings. The topological polar surface area (TPSA) is 54.9 Å². The van der Waals surface area contributed by atoms with E-state index in [1.807, 2.05) is 47.8 Å². The number of benzene rings is 2. The maximum absolute atomic E-state index is 12.1. The van der Waals surface area contributed by atoms with Gasteiger partial charge in [-0.1, -0.05) is 41.9 Å². The number of aromatic nitrogens is 2. The predicted molar refractivity (Wildman–Crippen MR) is 110 cm³/mol. The van der Waals surface area contributed by atoms with Crippen LogP contribution >= 0.6 is 34.3 Å². The summed E-state index contributed by atoms with van der Waals surface area (Å²) in [6.07, 6.45) is 3.12. The van der Waals surface area contributed by atoms with Gasteiger partial charge in [-0.15, -0.1) is 22.7 Å². The fraction of sp³-hybridized carbons (Fsp3) is 0. The number of carbonyl (C=O) groups excluding carboxylic acids is 1. The molecule has 4 rings (SSSR count). The Labute approximate surface area is 162 Å². The summed E-state index contributed by atoms with van der Waals surface area (Å²) in [5.41, 5.74) is 2.51. The fourth-order valence-electron chi connectivity index (χ4n) is 2.33. The van der Waals surface area contributed by atoms with Crippen molar-refractivity contribution in [2.45, 2.75) is 0 Å². The van der Waals surface area contributed by atoms with Crippen LogP contribution in [0.3, 0.4) is 0 Å². The highest BCUT2D eigenvalue weighted by atomic mass is 35.5. The maximum Gasteiger partial charge on any atom is 0.250 e. The van der Waals surface area contributed by atoms with Gasteiger partial charge in [-0.2, -0.15) is 0 Å². The number of nitrogens with zero attached hydrogens (tertiary/aromatic N) is 2. The molecule has 0 fully saturated rings. The predicted octanol–water partition coefficient (Wildman–Crippen LogP) is 5.73. The lowest BCUT2D eigenvalue weighted by molar-refractivity contribution is -0.111. The van der Waals surface area contributed by atoms with E-state index >= 15 is 0 Å².